The molecule has 30 heavy (non-hydrogen) atoms. The lowest BCUT2D eigenvalue weighted by Gasteiger charge is -2.19. The molecule has 1 amide bonds. The molecule has 0 spiro atoms. The van der Waals surface area contributed by atoms with E-state index in [-0.39, 0.29) is 18.5 Å². The summed E-state index contributed by atoms with van der Waals surface area (Å²) in [7, 11) is 3.16. The smallest absolute Gasteiger partial charge is 0.238 e. The number of hydrogen-bond acceptors (Lipinski definition) is 5. The molecular formula is C24H28N2O3S. The standard InChI is InChI=1S/C24H28N2O3S/c1-16(2)17-7-9-18(10-8-17)24(22-6-5-13-30-22)25-15-23(27)26-20-12-11-19(28-3)14-21(20)29-4/h5-14,16,24-25H,15H2,1-4H3,(H,26,27)/t24-/m0/s1. The van der Waals surface area contributed by atoms with Crippen molar-refractivity contribution in [2.24, 2.45) is 0 Å². The maximum Gasteiger partial charge on any atom is 0.238 e. The van der Waals surface area contributed by atoms with Gasteiger partial charge in [0.05, 0.1) is 32.5 Å². The zero-order chi connectivity index (χ0) is 21.5. The van der Waals surface area contributed by atoms with E-state index in [1.54, 1.807) is 43.8 Å². The van der Waals surface area contributed by atoms with E-state index in [9.17, 15) is 4.79 Å². The Morgan fingerprint density at radius 3 is 2.33 bits per heavy atom. The topological polar surface area (TPSA) is 59.6 Å². The lowest BCUT2D eigenvalue weighted by Crippen LogP contribution is -2.31. The van der Waals surface area contributed by atoms with Crippen molar-refractivity contribution in [2.75, 3.05) is 26.1 Å². The molecule has 0 fully saturated rings. The summed E-state index contributed by atoms with van der Waals surface area (Å²) in [5.41, 5.74) is 3.05. The molecule has 5 nitrogen and oxygen atoms in total. The Morgan fingerprint density at radius 1 is 1.00 bits per heavy atom. The van der Waals surface area contributed by atoms with Gasteiger partial charge in [-0.25, -0.2) is 0 Å². The molecule has 0 saturated carbocycles. The Hall–Kier alpha value is -2.83. The highest BCUT2D eigenvalue weighted by atomic mass is 32.1. The second-order valence-electron chi connectivity index (χ2n) is 7.27. The Kier molecular flexibility index (Phi) is 7.49. The molecule has 0 aliphatic carbocycles. The van der Waals surface area contributed by atoms with Gasteiger partial charge in [0.15, 0.2) is 0 Å². The van der Waals surface area contributed by atoms with Crippen molar-refractivity contribution < 1.29 is 14.3 Å². The fourth-order valence-corrected chi connectivity index (χ4v) is 4.03. The van der Waals surface area contributed by atoms with Gasteiger partial charge in [-0.2, -0.15) is 0 Å². The van der Waals surface area contributed by atoms with Crippen LogP contribution in [0.3, 0.4) is 0 Å². The van der Waals surface area contributed by atoms with Crippen molar-refractivity contribution in [2.45, 2.75) is 25.8 Å². The van der Waals surface area contributed by atoms with Crippen molar-refractivity contribution in [3.8, 4) is 11.5 Å². The van der Waals surface area contributed by atoms with Crippen LogP contribution in [-0.4, -0.2) is 26.7 Å². The van der Waals surface area contributed by atoms with Gasteiger partial charge in [-0.05, 0) is 40.6 Å². The Morgan fingerprint density at radius 2 is 1.73 bits per heavy atom. The van der Waals surface area contributed by atoms with Crippen LogP contribution in [0.2, 0.25) is 0 Å². The molecule has 158 valence electrons. The first-order valence-corrected chi connectivity index (χ1v) is 10.8. The molecule has 0 unspecified atom stereocenters. The number of nitrogens with one attached hydrogen (secondary N) is 2. The first-order valence-electron chi connectivity index (χ1n) is 9.90. The number of methoxy groups -OCH3 is 2. The average molecular weight is 425 g/mol. The van der Waals surface area contributed by atoms with Crippen molar-refractivity contribution in [3.05, 3.63) is 76.0 Å². The van der Waals surface area contributed by atoms with Crippen LogP contribution >= 0.6 is 11.3 Å². The lowest BCUT2D eigenvalue weighted by atomic mass is 9.98. The molecule has 3 rings (SSSR count). The minimum Gasteiger partial charge on any atom is -0.497 e. The van der Waals surface area contributed by atoms with E-state index in [0.717, 1.165) is 5.56 Å². The van der Waals surface area contributed by atoms with E-state index >= 15 is 0 Å². The summed E-state index contributed by atoms with van der Waals surface area (Å²) in [6.45, 7) is 4.53. The van der Waals surface area contributed by atoms with Gasteiger partial charge in [0.2, 0.25) is 5.91 Å². The van der Waals surface area contributed by atoms with Crippen molar-refractivity contribution in [1.29, 1.82) is 0 Å². The minimum absolute atomic E-state index is 0.0466. The molecule has 1 aromatic heterocycles. The number of hydrogen-bond donors (Lipinski definition) is 2. The zero-order valence-electron chi connectivity index (χ0n) is 17.8. The molecule has 0 saturated heterocycles. The van der Waals surface area contributed by atoms with Gasteiger partial charge in [0.1, 0.15) is 11.5 Å². The van der Waals surface area contributed by atoms with Gasteiger partial charge in [-0.1, -0.05) is 44.2 Å². The Labute approximate surface area is 182 Å². The third-order valence-corrected chi connectivity index (χ3v) is 5.85. The summed E-state index contributed by atoms with van der Waals surface area (Å²) in [4.78, 5) is 13.8. The first kappa shape index (κ1) is 21.9. The number of ether oxygens (including phenoxy) is 2. The van der Waals surface area contributed by atoms with Crippen LogP contribution in [0.1, 0.15) is 41.8 Å². The number of anilines is 1. The first-order chi connectivity index (χ1) is 14.5. The highest BCUT2D eigenvalue weighted by Crippen LogP contribution is 2.30. The number of carbonyl (C=O) groups is 1. The fraction of sp³-hybridized carbons (Fsp3) is 0.292. The fourth-order valence-electron chi connectivity index (χ4n) is 3.20. The van der Waals surface area contributed by atoms with Crippen LogP contribution in [-0.2, 0) is 4.79 Å². The second kappa shape index (κ2) is 10.3. The highest BCUT2D eigenvalue weighted by molar-refractivity contribution is 7.10. The van der Waals surface area contributed by atoms with E-state index < -0.39 is 0 Å². The zero-order valence-corrected chi connectivity index (χ0v) is 18.6. The maximum atomic E-state index is 12.6. The van der Waals surface area contributed by atoms with Crippen LogP contribution in [0, 0.1) is 0 Å². The SMILES string of the molecule is COc1ccc(NC(=O)CN[C@@H](c2ccc(C(C)C)cc2)c2cccs2)c(OC)c1. The summed E-state index contributed by atoms with van der Waals surface area (Å²) in [5.74, 6) is 1.57. The number of benzene rings is 2. The van der Waals surface area contributed by atoms with Crippen molar-refractivity contribution >= 4 is 22.9 Å². The Balaban J connectivity index is 1.71. The molecule has 3 aromatic rings. The van der Waals surface area contributed by atoms with Gasteiger partial charge < -0.3 is 14.8 Å². The van der Waals surface area contributed by atoms with Crippen LogP contribution < -0.4 is 20.1 Å². The summed E-state index contributed by atoms with van der Waals surface area (Å²) >= 11 is 1.67. The van der Waals surface area contributed by atoms with E-state index in [2.05, 4.69) is 60.2 Å². The molecule has 6 heteroatoms. The van der Waals surface area contributed by atoms with E-state index in [0.29, 0.717) is 23.1 Å². The quantitative estimate of drug-likeness (QED) is 0.495. The van der Waals surface area contributed by atoms with Gasteiger partial charge >= 0.3 is 0 Å². The number of carbonyl (C=O) groups excluding carboxylic acids is 1. The average Bonchev–Trinajstić information content (AvgIpc) is 3.29. The summed E-state index contributed by atoms with van der Waals surface area (Å²) in [6.07, 6.45) is 0. The molecule has 2 aromatic carbocycles. The van der Waals surface area contributed by atoms with Crippen molar-refractivity contribution in [3.63, 3.8) is 0 Å². The normalized spacial score (nSPS) is 11.9. The highest BCUT2D eigenvalue weighted by Gasteiger charge is 2.17. The molecule has 1 atom stereocenters. The maximum absolute atomic E-state index is 12.6. The predicted molar refractivity (Wildman–Crippen MR) is 123 cm³/mol. The largest absolute Gasteiger partial charge is 0.497 e. The summed E-state index contributed by atoms with van der Waals surface area (Å²) < 4.78 is 10.6. The van der Waals surface area contributed by atoms with Gasteiger partial charge in [0, 0.05) is 10.9 Å². The lowest BCUT2D eigenvalue weighted by molar-refractivity contribution is -0.115. The number of amides is 1. The van der Waals surface area contributed by atoms with E-state index in [4.69, 9.17) is 9.47 Å². The Bertz CT molecular complexity index is 953. The monoisotopic (exact) mass is 424 g/mol. The summed E-state index contributed by atoms with van der Waals surface area (Å²) in [5, 5.41) is 8.36. The van der Waals surface area contributed by atoms with Gasteiger partial charge in [-0.15, -0.1) is 11.3 Å². The molecule has 0 bridgehead atoms. The number of rotatable bonds is 9. The molecule has 0 radical (unpaired) electrons. The van der Waals surface area contributed by atoms with Crippen LogP contribution in [0.4, 0.5) is 5.69 Å². The molecule has 2 N–H and O–H groups in total. The molecule has 0 aliphatic rings. The molecular weight excluding hydrogens is 396 g/mol. The van der Waals surface area contributed by atoms with Crippen LogP contribution in [0.25, 0.3) is 0 Å². The third kappa shape index (κ3) is 5.40. The summed E-state index contributed by atoms with van der Waals surface area (Å²) in [6, 6.07) is 18.0. The second-order valence-corrected chi connectivity index (χ2v) is 8.24. The van der Waals surface area contributed by atoms with Crippen molar-refractivity contribution in [1.82, 2.24) is 5.32 Å². The van der Waals surface area contributed by atoms with E-state index in [1.807, 2.05) is 6.07 Å². The minimum atomic E-state index is -0.140. The van der Waals surface area contributed by atoms with Gasteiger partial charge in [-0.3, -0.25) is 10.1 Å². The number of thiophene rings is 1. The van der Waals surface area contributed by atoms with Gasteiger partial charge in [0.25, 0.3) is 0 Å². The molecule has 0 aliphatic heterocycles. The van der Waals surface area contributed by atoms with Crippen LogP contribution in [0.5, 0.6) is 11.5 Å². The van der Waals surface area contributed by atoms with Crippen LogP contribution in [0.15, 0.2) is 60.0 Å². The third-order valence-electron chi connectivity index (χ3n) is 4.91. The predicted octanol–water partition coefficient (Wildman–Crippen LogP) is 5.21. The van der Waals surface area contributed by atoms with E-state index in [1.165, 1.54) is 10.4 Å². The molecule has 1 heterocycles.